The third-order valence-corrected chi connectivity index (χ3v) is 4.27. The summed E-state index contributed by atoms with van der Waals surface area (Å²) in [5.41, 5.74) is 2.00. The number of para-hydroxylation sites is 1. The fraction of sp³-hybridized carbons (Fsp3) is 0.286. The summed E-state index contributed by atoms with van der Waals surface area (Å²) in [6.07, 6.45) is 0.783. The van der Waals surface area contributed by atoms with Gasteiger partial charge in [-0.3, -0.25) is 4.99 Å². The van der Waals surface area contributed by atoms with E-state index in [2.05, 4.69) is 27.8 Å². The van der Waals surface area contributed by atoms with Crippen molar-refractivity contribution in [3.8, 4) is 11.5 Å². The highest BCUT2D eigenvalue weighted by Gasteiger charge is 2.06. The van der Waals surface area contributed by atoms with Gasteiger partial charge in [-0.05, 0) is 29.8 Å². The number of aliphatic imine (C=N–C) groups is 1. The zero-order valence-electron chi connectivity index (χ0n) is 15.9. The summed E-state index contributed by atoms with van der Waals surface area (Å²) in [5.74, 6) is 3.12. The molecule has 0 unspecified atom stereocenters. The van der Waals surface area contributed by atoms with Crippen LogP contribution in [0.3, 0.4) is 0 Å². The summed E-state index contributed by atoms with van der Waals surface area (Å²) in [5, 5.41) is 7.73. The Morgan fingerprint density at radius 1 is 1.00 bits per heavy atom. The minimum Gasteiger partial charge on any atom is -0.493 e. The number of furan rings is 1. The van der Waals surface area contributed by atoms with Crippen molar-refractivity contribution in [2.75, 3.05) is 27.8 Å². The van der Waals surface area contributed by atoms with Gasteiger partial charge in [0.15, 0.2) is 17.5 Å². The number of methoxy groups -OCH3 is 2. The summed E-state index contributed by atoms with van der Waals surface area (Å²) in [6, 6.07) is 16.0. The van der Waals surface area contributed by atoms with Gasteiger partial charge in [-0.25, -0.2) is 0 Å². The first-order valence-electron chi connectivity index (χ1n) is 8.86. The number of hydrogen-bond donors (Lipinski definition) is 2. The maximum atomic E-state index is 5.83. The molecule has 0 aliphatic rings. The zero-order chi connectivity index (χ0) is 19.1. The second kappa shape index (κ2) is 8.98. The summed E-state index contributed by atoms with van der Waals surface area (Å²) >= 11 is 0. The minimum atomic E-state index is 0.630. The molecule has 0 saturated heterocycles. The Hall–Kier alpha value is -3.15. The summed E-state index contributed by atoms with van der Waals surface area (Å²) in [6.45, 7) is 1.36. The number of nitrogens with zero attached hydrogens (tertiary/aromatic N) is 1. The molecule has 1 aromatic heterocycles. The van der Waals surface area contributed by atoms with Gasteiger partial charge in [-0.1, -0.05) is 24.3 Å². The Balaban J connectivity index is 1.50. The predicted octanol–water partition coefficient (Wildman–Crippen LogP) is 3.36. The first kappa shape index (κ1) is 18.6. The van der Waals surface area contributed by atoms with Gasteiger partial charge < -0.3 is 24.5 Å². The molecular formula is C21H25N3O3. The SMILES string of the molecule is CN=C(NCCc1cc2ccccc2o1)NCc1ccc(OC)c(OC)c1. The van der Waals surface area contributed by atoms with Crippen molar-refractivity contribution < 1.29 is 13.9 Å². The Bertz CT molecular complexity index is 885. The van der Waals surface area contributed by atoms with E-state index in [0.717, 1.165) is 47.0 Å². The number of rotatable bonds is 7. The molecule has 0 saturated carbocycles. The Morgan fingerprint density at radius 2 is 1.81 bits per heavy atom. The Labute approximate surface area is 159 Å². The molecule has 0 aliphatic carbocycles. The normalized spacial score (nSPS) is 11.4. The van der Waals surface area contributed by atoms with Crippen LogP contribution in [0.2, 0.25) is 0 Å². The quantitative estimate of drug-likeness (QED) is 0.495. The average Bonchev–Trinajstić information content (AvgIpc) is 3.13. The van der Waals surface area contributed by atoms with E-state index in [9.17, 15) is 0 Å². The number of guanidine groups is 1. The third-order valence-electron chi connectivity index (χ3n) is 4.27. The minimum absolute atomic E-state index is 0.630. The molecule has 3 aromatic rings. The van der Waals surface area contributed by atoms with E-state index >= 15 is 0 Å². The van der Waals surface area contributed by atoms with E-state index in [1.54, 1.807) is 21.3 Å². The molecule has 3 rings (SSSR count). The summed E-state index contributed by atoms with van der Waals surface area (Å²) in [7, 11) is 5.02. The van der Waals surface area contributed by atoms with Crippen LogP contribution in [0.4, 0.5) is 0 Å². The van der Waals surface area contributed by atoms with Gasteiger partial charge in [-0.2, -0.15) is 0 Å². The van der Waals surface area contributed by atoms with Gasteiger partial charge >= 0.3 is 0 Å². The van der Waals surface area contributed by atoms with Crippen LogP contribution in [0.5, 0.6) is 11.5 Å². The zero-order valence-corrected chi connectivity index (χ0v) is 15.9. The highest BCUT2D eigenvalue weighted by molar-refractivity contribution is 5.80. The molecule has 0 amide bonds. The maximum Gasteiger partial charge on any atom is 0.191 e. The Kier molecular flexibility index (Phi) is 6.20. The van der Waals surface area contributed by atoms with Crippen LogP contribution in [0.25, 0.3) is 11.0 Å². The molecule has 1 heterocycles. The molecule has 0 radical (unpaired) electrons. The van der Waals surface area contributed by atoms with Gasteiger partial charge in [0.25, 0.3) is 0 Å². The molecule has 6 nitrogen and oxygen atoms in total. The molecule has 0 fully saturated rings. The number of fused-ring (bicyclic) bond motifs is 1. The second-order valence-corrected chi connectivity index (χ2v) is 6.04. The van der Waals surface area contributed by atoms with Crippen molar-refractivity contribution >= 4 is 16.9 Å². The first-order valence-corrected chi connectivity index (χ1v) is 8.86. The fourth-order valence-electron chi connectivity index (χ4n) is 2.86. The van der Waals surface area contributed by atoms with Gasteiger partial charge in [0, 0.05) is 31.9 Å². The van der Waals surface area contributed by atoms with Crippen molar-refractivity contribution in [1.82, 2.24) is 10.6 Å². The van der Waals surface area contributed by atoms with Crippen LogP contribution in [0.15, 0.2) is 57.9 Å². The molecule has 2 aromatic carbocycles. The molecule has 0 spiro atoms. The van der Waals surface area contributed by atoms with Gasteiger partial charge in [0.1, 0.15) is 11.3 Å². The fourth-order valence-corrected chi connectivity index (χ4v) is 2.86. The van der Waals surface area contributed by atoms with Crippen LogP contribution in [0.1, 0.15) is 11.3 Å². The smallest absolute Gasteiger partial charge is 0.191 e. The van der Waals surface area contributed by atoms with Crippen molar-refractivity contribution in [3.05, 3.63) is 59.9 Å². The van der Waals surface area contributed by atoms with Crippen molar-refractivity contribution in [2.45, 2.75) is 13.0 Å². The molecule has 6 heteroatoms. The number of benzene rings is 2. The monoisotopic (exact) mass is 367 g/mol. The van der Waals surface area contributed by atoms with Crippen LogP contribution < -0.4 is 20.1 Å². The van der Waals surface area contributed by atoms with E-state index < -0.39 is 0 Å². The van der Waals surface area contributed by atoms with E-state index in [1.165, 1.54) is 0 Å². The first-order chi connectivity index (χ1) is 13.2. The van der Waals surface area contributed by atoms with Crippen molar-refractivity contribution in [2.24, 2.45) is 4.99 Å². The van der Waals surface area contributed by atoms with Crippen molar-refractivity contribution in [1.29, 1.82) is 0 Å². The third kappa shape index (κ3) is 4.73. The van der Waals surface area contributed by atoms with Crippen LogP contribution in [-0.2, 0) is 13.0 Å². The highest BCUT2D eigenvalue weighted by Crippen LogP contribution is 2.27. The lowest BCUT2D eigenvalue weighted by atomic mass is 10.2. The number of nitrogens with one attached hydrogen (secondary N) is 2. The van der Waals surface area contributed by atoms with Crippen LogP contribution in [0, 0.1) is 0 Å². The molecular weight excluding hydrogens is 342 g/mol. The average molecular weight is 367 g/mol. The number of ether oxygens (including phenoxy) is 2. The van der Waals surface area contributed by atoms with Gasteiger partial charge in [0.05, 0.1) is 14.2 Å². The second-order valence-electron chi connectivity index (χ2n) is 6.04. The largest absolute Gasteiger partial charge is 0.493 e. The number of hydrogen-bond acceptors (Lipinski definition) is 4. The van der Waals surface area contributed by atoms with Gasteiger partial charge in [-0.15, -0.1) is 0 Å². The molecule has 27 heavy (non-hydrogen) atoms. The Morgan fingerprint density at radius 3 is 2.56 bits per heavy atom. The lowest BCUT2D eigenvalue weighted by Gasteiger charge is -2.13. The van der Waals surface area contributed by atoms with Crippen LogP contribution >= 0.6 is 0 Å². The summed E-state index contributed by atoms with van der Waals surface area (Å²) < 4.78 is 16.4. The molecule has 0 atom stereocenters. The molecule has 2 N–H and O–H groups in total. The van der Waals surface area contributed by atoms with E-state index in [1.807, 2.05) is 36.4 Å². The lowest BCUT2D eigenvalue weighted by molar-refractivity contribution is 0.354. The van der Waals surface area contributed by atoms with Gasteiger partial charge in [0.2, 0.25) is 0 Å². The summed E-state index contributed by atoms with van der Waals surface area (Å²) in [4.78, 5) is 4.26. The van der Waals surface area contributed by atoms with Crippen LogP contribution in [-0.4, -0.2) is 33.8 Å². The van der Waals surface area contributed by atoms with E-state index in [4.69, 9.17) is 13.9 Å². The highest BCUT2D eigenvalue weighted by atomic mass is 16.5. The molecule has 0 aliphatic heterocycles. The maximum absolute atomic E-state index is 5.83. The molecule has 142 valence electrons. The lowest BCUT2D eigenvalue weighted by Crippen LogP contribution is -2.37. The van der Waals surface area contributed by atoms with Crippen molar-refractivity contribution in [3.63, 3.8) is 0 Å². The molecule has 0 bridgehead atoms. The topological polar surface area (TPSA) is 68.0 Å². The van der Waals surface area contributed by atoms with E-state index in [0.29, 0.717) is 12.3 Å². The van der Waals surface area contributed by atoms with E-state index in [-0.39, 0.29) is 0 Å². The standard InChI is InChI=1S/C21H25N3O3/c1-22-21(24-14-15-8-9-19(25-2)20(12-15)26-3)23-11-10-17-13-16-6-4-5-7-18(16)27-17/h4-9,12-13H,10-11,14H2,1-3H3,(H2,22,23,24). The predicted molar refractivity (Wildman–Crippen MR) is 108 cm³/mol.